The van der Waals surface area contributed by atoms with Crippen molar-refractivity contribution in [3.63, 3.8) is 0 Å². The van der Waals surface area contributed by atoms with Crippen molar-refractivity contribution in [1.29, 1.82) is 0 Å². The van der Waals surface area contributed by atoms with Gasteiger partial charge in [-0.15, -0.1) is 5.10 Å². The third-order valence-corrected chi connectivity index (χ3v) is 3.91. The van der Waals surface area contributed by atoms with Crippen LogP contribution in [-0.4, -0.2) is 31.4 Å². The van der Waals surface area contributed by atoms with Crippen LogP contribution in [-0.2, 0) is 4.79 Å². The van der Waals surface area contributed by atoms with Crippen molar-refractivity contribution in [2.24, 2.45) is 5.73 Å². The predicted octanol–water partition coefficient (Wildman–Crippen LogP) is 1.25. The molecule has 100 valence electrons. The molecule has 0 aliphatic rings. The summed E-state index contributed by atoms with van der Waals surface area (Å²) in [5.41, 5.74) is 8.48. The second-order valence-electron chi connectivity index (χ2n) is 4.30. The molecule has 0 spiro atoms. The first-order valence-electron chi connectivity index (χ1n) is 5.81. The maximum atomic E-state index is 11.1. The highest BCUT2D eigenvalue weighted by atomic mass is 32.2. The van der Waals surface area contributed by atoms with E-state index in [9.17, 15) is 4.79 Å². The van der Waals surface area contributed by atoms with Crippen LogP contribution in [0.2, 0.25) is 0 Å². The zero-order chi connectivity index (χ0) is 14.0. The Kier molecular flexibility index (Phi) is 3.84. The molecular weight excluding hydrogens is 262 g/mol. The van der Waals surface area contributed by atoms with E-state index in [1.54, 1.807) is 11.6 Å². The fourth-order valence-electron chi connectivity index (χ4n) is 1.49. The minimum Gasteiger partial charge on any atom is -0.369 e. The molecule has 2 N–H and O–H groups in total. The molecule has 1 atom stereocenters. The Morgan fingerprint density at radius 2 is 2.11 bits per heavy atom. The van der Waals surface area contributed by atoms with Crippen LogP contribution in [0.1, 0.15) is 18.1 Å². The van der Waals surface area contributed by atoms with Gasteiger partial charge in [-0.1, -0.05) is 17.8 Å². The van der Waals surface area contributed by atoms with Gasteiger partial charge in [0.25, 0.3) is 0 Å². The number of rotatable bonds is 4. The molecule has 1 amide bonds. The highest BCUT2D eigenvalue weighted by Crippen LogP contribution is 2.23. The molecule has 0 aliphatic carbocycles. The minimum absolute atomic E-state index is 0.378. The summed E-state index contributed by atoms with van der Waals surface area (Å²) in [6.45, 7) is 5.80. The Morgan fingerprint density at radius 3 is 2.74 bits per heavy atom. The van der Waals surface area contributed by atoms with Crippen molar-refractivity contribution in [3.05, 3.63) is 29.3 Å². The van der Waals surface area contributed by atoms with Gasteiger partial charge in [-0.2, -0.15) is 4.68 Å². The number of carbonyl (C=O) groups is 1. The van der Waals surface area contributed by atoms with Crippen LogP contribution in [0.5, 0.6) is 0 Å². The van der Waals surface area contributed by atoms with E-state index in [2.05, 4.69) is 15.5 Å². The lowest BCUT2D eigenvalue weighted by Crippen LogP contribution is -2.23. The molecule has 7 heteroatoms. The topological polar surface area (TPSA) is 86.7 Å². The molecule has 6 nitrogen and oxygen atoms in total. The fraction of sp³-hybridized carbons (Fsp3) is 0.333. The number of aromatic nitrogens is 4. The molecule has 0 fully saturated rings. The van der Waals surface area contributed by atoms with Gasteiger partial charge in [-0.25, -0.2) is 0 Å². The number of hydrogen-bond acceptors (Lipinski definition) is 5. The molecule has 0 unspecified atom stereocenters. The zero-order valence-electron chi connectivity index (χ0n) is 11.0. The number of benzene rings is 1. The van der Waals surface area contributed by atoms with Gasteiger partial charge in [0.15, 0.2) is 0 Å². The van der Waals surface area contributed by atoms with Gasteiger partial charge in [0.1, 0.15) is 0 Å². The van der Waals surface area contributed by atoms with Crippen LogP contribution in [0.3, 0.4) is 0 Å². The van der Waals surface area contributed by atoms with Gasteiger partial charge < -0.3 is 5.73 Å². The second kappa shape index (κ2) is 5.40. The summed E-state index contributed by atoms with van der Waals surface area (Å²) >= 11 is 1.24. The van der Waals surface area contributed by atoms with Gasteiger partial charge >= 0.3 is 0 Å². The standard InChI is InChI=1S/C12H15N5OS/c1-7-4-5-10(6-8(7)2)17-12(14-15-16-17)19-9(3)11(13)18/h4-6,9H,1-3H3,(H2,13,18)/t9-/m1/s1. The second-order valence-corrected chi connectivity index (χ2v) is 5.61. The number of nitrogens with zero attached hydrogens (tertiary/aromatic N) is 4. The molecule has 1 aromatic carbocycles. The van der Waals surface area contributed by atoms with Crippen molar-refractivity contribution >= 4 is 17.7 Å². The van der Waals surface area contributed by atoms with Crippen molar-refractivity contribution in [3.8, 4) is 5.69 Å². The summed E-state index contributed by atoms with van der Waals surface area (Å²) in [5, 5.41) is 11.7. The van der Waals surface area contributed by atoms with Crippen molar-refractivity contribution in [2.45, 2.75) is 31.2 Å². The number of tetrazole rings is 1. The van der Waals surface area contributed by atoms with Crippen LogP contribution in [0.4, 0.5) is 0 Å². The molecule has 1 aromatic heterocycles. The van der Waals surface area contributed by atoms with E-state index >= 15 is 0 Å². The SMILES string of the molecule is Cc1ccc(-n2nnnc2S[C@H](C)C(N)=O)cc1C. The monoisotopic (exact) mass is 277 g/mol. The Hall–Kier alpha value is -1.89. The summed E-state index contributed by atoms with van der Waals surface area (Å²) in [4.78, 5) is 11.1. The lowest BCUT2D eigenvalue weighted by atomic mass is 10.1. The number of primary amides is 1. The largest absolute Gasteiger partial charge is 0.369 e. The number of thioether (sulfide) groups is 1. The highest BCUT2D eigenvalue weighted by Gasteiger charge is 2.16. The Bertz CT molecular complexity index is 610. The molecule has 0 radical (unpaired) electrons. The van der Waals surface area contributed by atoms with E-state index in [-0.39, 0.29) is 11.2 Å². The van der Waals surface area contributed by atoms with E-state index < -0.39 is 0 Å². The Labute approximate surface area is 115 Å². The summed E-state index contributed by atoms with van der Waals surface area (Å²) in [5.74, 6) is -0.389. The number of carbonyl (C=O) groups excluding carboxylic acids is 1. The third-order valence-electron chi connectivity index (χ3n) is 2.86. The molecule has 0 saturated heterocycles. The maximum absolute atomic E-state index is 11.1. The zero-order valence-corrected chi connectivity index (χ0v) is 11.8. The minimum atomic E-state index is -0.389. The van der Waals surface area contributed by atoms with Gasteiger partial charge in [0.05, 0.1) is 10.9 Å². The normalized spacial score (nSPS) is 12.4. The first kappa shape index (κ1) is 13.5. The third kappa shape index (κ3) is 2.93. The quantitative estimate of drug-likeness (QED) is 0.850. The number of amides is 1. The molecular formula is C12H15N5OS. The van der Waals surface area contributed by atoms with Crippen molar-refractivity contribution in [1.82, 2.24) is 20.2 Å². The van der Waals surface area contributed by atoms with Crippen molar-refractivity contribution in [2.75, 3.05) is 0 Å². The summed E-state index contributed by atoms with van der Waals surface area (Å²) in [6.07, 6.45) is 0. The van der Waals surface area contributed by atoms with E-state index in [4.69, 9.17) is 5.73 Å². The predicted molar refractivity (Wildman–Crippen MR) is 73.1 cm³/mol. The molecule has 19 heavy (non-hydrogen) atoms. The van der Waals surface area contributed by atoms with Gasteiger partial charge in [0.2, 0.25) is 11.1 Å². The number of hydrogen-bond donors (Lipinski definition) is 1. The first-order valence-corrected chi connectivity index (χ1v) is 6.69. The molecule has 2 aromatic rings. The smallest absolute Gasteiger partial charge is 0.230 e. The summed E-state index contributed by atoms with van der Waals surface area (Å²) in [6, 6.07) is 5.96. The molecule has 2 rings (SSSR count). The molecule has 0 bridgehead atoms. The highest BCUT2D eigenvalue weighted by molar-refractivity contribution is 8.00. The van der Waals surface area contributed by atoms with E-state index in [1.807, 2.05) is 32.0 Å². The number of aryl methyl sites for hydroxylation is 2. The lowest BCUT2D eigenvalue weighted by molar-refractivity contribution is -0.117. The van der Waals surface area contributed by atoms with Crippen LogP contribution in [0, 0.1) is 13.8 Å². The average Bonchev–Trinajstić information content (AvgIpc) is 2.80. The first-order chi connectivity index (χ1) is 8.99. The van der Waals surface area contributed by atoms with Crippen LogP contribution in [0.15, 0.2) is 23.4 Å². The van der Waals surface area contributed by atoms with E-state index in [0.717, 1.165) is 11.3 Å². The number of nitrogens with two attached hydrogens (primary N) is 1. The van der Waals surface area contributed by atoms with Crippen LogP contribution < -0.4 is 5.73 Å². The van der Waals surface area contributed by atoms with Gasteiger partial charge in [0, 0.05) is 0 Å². The average molecular weight is 277 g/mol. The van der Waals surface area contributed by atoms with E-state index in [0.29, 0.717) is 5.16 Å². The lowest BCUT2D eigenvalue weighted by Gasteiger charge is -2.08. The molecule has 0 saturated carbocycles. The van der Waals surface area contributed by atoms with Crippen LogP contribution >= 0.6 is 11.8 Å². The van der Waals surface area contributed by atoms with Crippen LogP contribution in [0.25, 0.3) is 5.69 Å². The summed E-state index contributed by atoms with van der Waals surface area (Å²) in [7, 11) is 0. The van der Waals surface area contributed by atoms with E-state index in [1.165, 1.54) is 17.3 Å². The Balaban J connectivity index is 2.33. The van der Waals surface area contributed by atoms with Gasteiger partial charge in [-0.3, -0.25) is 4.79 Å². The van der Waals surface area contributed by atoms with Crippen molar-refractivity contribution < 1.29 is 4.79 Å². The fourth-order valence-corrected chi connectivity index (χ4v) is 2.25. The Morgan fingerprint density at radius 1 is 1.37 bits per heavy atom. The summed E-state index contributed by atoms with van der Waals surface area (Å²) < 4.78 is 1.61. The molecule has 0 aliphatic heterocycles. The molecule has 1 heterocycles. The maximum Gasteiger partial charge on any atom is 0.230 e. The van der Waals surface area contributed by atoms with Gasteiger partial charge in [-0.05, 0) is 54.5 Å².